The molecule has 7 heteroatoms. The highest BCUT2D eigenvalue weighted by Crippen LogP contribution is 2.23. The van der Waals surface area contributed by atoms with E-state index in [4.69, 9.17) is 5.73 Å². The molecule has 2 heterocycles. The number of nitrogens with zero attached hydrogens (tertiary/aromatic N) is 4. The fourth-order valence-corrected chi connectivity index (χ4v) is 1.71. The number of nitrogen functional groups attached to an aromatic ring is 1. The van der Waals surface area contributed by atoms with E-state index in [2.05, 4.69) is 9.97 Å². The van der Waals surface area contributed by atoms with Gasteiger partial charge >= 0.3 is 5.69 Å². The number of aryl methyl sites for hydroxylation is 1. The van der Waals surface area contributed by atoms with E-state index in [1.165, 1.54) is 12.1 Å². The van der Waals surface area contributed by atoms with Crippen LogP contribution in [0.1, 0.15) is 19.2 Å². The van der Waals surface area contributed by atoms with Crippen LogP contribution in [0.5, 0.6) is 0 Å². The highest BCUT2D eigenvalue weighted by Gasteiger charge is 2.19. The summed E-state index contributed by atoms with van der Waals surface area (Å²) in [7, 11) is 0. The molecule has 2 aromatic heterocycles. The van der Waals surface area contributed by atoms with Crippen molar-refractivity contribution in [1.29, 1.82) is 0 Å². The summed E-state index contributed by atoms with van der Waals surface area (Å²) < 4.78 is 1.61. The number of aromatic nitrogens is 3. The van der Waals surface area contributed by atoms with Crippen LogP contribution in [-0.4, -0.2) is 19.5 Å². The van der Waals surface area contributed by atoms with Gasteiger partial charge in [0.15, 0.2) is 0 Å². The van der Waals surface area contributed by atoms with E-state index >= 15 is 0 Å². The third kappa shape index (κ3) is 2.15. The molecule has 0 saturated heterocycles. The highest BCUT2D eigenvalue weighted by atomic mass is 16.6. The predicted octanol–water partition coefficient (Wildman–Crippen LogP) is 1.71. The molecule has 2 aromatic rings. The third-order valence-electron chi connectivity index (χ3n) is 2.49. The third-order valence-corrected chi connectivity index (χ3v) is 2.49. The topological polar surface area (TPSA) is 99.9 Å². The Morgan fingerprint density at radius 1 is 1.50 bits per heavy atom. The van der Waals surface area contributed by atoms with Gasteiger partial charge in [-0.2, -0.15) is 0 Å². The van der Waals surface area contributed by atoms with Crippen LogP contribution >= 0.6 is 0 Å². The van der Waals surface area contributed by atoms with E-state index < -0.39 is 4.92 Å². The summed E-state index contributed by atoms with van der Waals surface area (Å²) in [4.78, 5) is 18.7. The molecule has 0 unspecified atom stereocenters. The van der Waals surface area contributed by atoms with E-state index in [0.717, 1.165) is 18.7 Å². The van der Waals surface area contributed by atoms with Crippen LogP contribution in [0.3, 0.4) is 0 Å². The summed E-state index contributed by atoms with van der Waals surface area (Å²) in [6, 6.07) is 2.77. The minimum Gasteiger partial charge on any atom is -0.384 e. The van der Waals surface area contributed by atoms with Gasteiger partial charge in [0, 0.05) is 24.9 Å². The van der Waals surface area contributed by atoms with Crippen LogP contribution < -0.4 is 5.73 Å². The second-order valence-electron chi connectivity index (χ2n) is 3.80. The molecule has 0 atom stereocenters. The van der Waals surface area contributed by atoms with Crippen LogP contribution in [0.2, 0.25) is 0 Å². The zero-order chi connectivity index (χ0) is 13.1. The minimum absolute atomic E-state index is 0.0837. The van der Waals surface area contributed by atoms with E-state index in [0.29, 0.717) is 0 Å². The standard InChI is InChI=1S/C11H13N5O2/c1-2-3-10-13-6-7-15(10)11-8(16(17)18)4-5-9(12)14-11/h4-7H,2-3H2,1H3,(H2,12,14). The van der Waals surface area contributed by atoms with Gasteiger partial charge in [-0.05, 0) is 12.5 Å². The molecule has 18 heavy (non-hydrogen) atoms. The Morgan fingerprint density at radius 2 is 2.28 bits per heavy atom. The van der Waals surface area contributed by atoms with Gasteiger partial charge in [0.05, 0.1) is 4.92 Å². The Balaban J connectivity index is 2.58. The number of rotatable bonds is 4. The smallest absolute Gasteiger partial charge is 0.312 e. The van der Waals surface area contributed by atoms with Gasteiger partial charge in [0.1, 0.15) is 11.6 Å². The van der Waals surface area contributed by atoms with Crippen LogP contribution in [0.15, 0.2) is 24.5 Å². The van der Waals surface area contributed by atoms with Crippen molar-refractivity contribution in [3.63, 3.8) is 0 Å². The van der Waals surface area contributed by atoms with Gasteiger partial charge in [-0.15, -0.1) is 0 Å². The SMILES string of the molecule is CCCc1nccn1-c1nc(N)ccc1[N+](=O)[O-]. The second kappa shape index (κ2) is 4.82. The Morgan fingerprint density at radius 3 is 2.94 bits per heavy atom. The van der Waals surface area contributed by atoms with Crippen molar-refractivity contribution in [2.75, 3.05) is 5.73 Å². The van der Waals surface area contributed by atoms with Gasteiger partial charge in [-0.1, -0.05) is 6.92 Å². The van der Waals surface area contributed by atoms with Gasteiger partial charge in [-0.25, -0.2) is 9.97 Å². The van der Waals surface area contributed by atoms with E-state index in [9.17, 15) is 10.1 Å². The maximum Gasteiger partial charge on any atom is 0.312 e. The zero-order valence-electron chi connectivity index (χ0n) is 9.91. The Kier molecular flexibility index (Phi) is 3.22. The second-order valence-corrected chi connectivity index (χ2v) is 3.80. The minimum atomic E-state index is -0.475. The first-order valence-electron chi connectivity index (χ1n) is 5.57. The average Bonchev–Trinajstić information content (AvgIpc) is 2.77. The normalized spacial score (nSPS) is 10.5. The molecule has 0 aliphatic carbocycles. The van der Waals surface area contributed by atoms with Crippen molar-refractivity contribution in [3.05, 3.63) is 40.5 Å². The van der Waals surface area contributed by atoms with Gasteiger partial charge in [0.2, 0.25) is 5.82 Å². The summed E-state index contributed by atoms with van der Waals surface area (Å²) in [6.45, 7) is 2.01. The first-order chi connectivity index (χ1) is 8.63. The van der Waals surface area contributed by atoms with E-state index in [1.54, 1.807) is 17.0 Å². The van der Waals surface area contributed by atoms with Crippen molar-refractivity contribution in [2.45, 2.75) is 19.8 Å². The molecule has 7 nitrogen and oxygen atoms in total. The number of hydrogen-bond donors (Lipinski definition) is 1. The number of nitro groups is 1. The number of imidazole rings is 1. The molecule has 0 spiro atoms. The lowest BCUT2D eigenvalue weighted by atomic mass is 10.3. The molecule has 0 bridgehead atoms. The van der Waals surface area contributed by atoms with E-state index in [1.807, 2.05) is 6.92 Å². The molecule has 0 amide bonds. The first-order valence-corrected chi connectivity index (χ1v) is 5.57. The van der Waals surface area contributed by atoms with Crippen LogP contribution in [0.4, 0.5) is 11.5 Å². The molecule has 0 aromatic carbocycles. The highest BCUT2D eigenvalue weighted by molar-refractivity contribution is 5.52. The van der Waals surface area contributed by atoms with Crippen molar-refractivity contribution in [2.24, 2.45) is 0 Å². The molecule has 2 N–H and O–H groups in total. The molecule has 0 fully saturated rings. The zero-order valence-corrected chi connectivity index (χ0v) is 9.91. The summed E-state index contributed by atoms with van der Waals surface area (Å²) >= 11 is 0. The molecule has 94 valence electrons. The largest absolute Gasteiger partial charge is 0.384 e. The Labute approximate surface area is 103 Å². The molecule has 2 rings (SSSR count). The summed E-state index contributed by atoms with van der Waals surface area (Å²) in [6.07, 6.45) is 4.87. The monoisotopic (exact) mass is 247 g/mol. The molecular weight excluding hydrogens is 234 g/mol. The Bertz CT molecular complexity index is 579. The maximum absolute atomic E-state index is 11.0. The fourth-order valence-electron chi connectivity index (χ4n) is 1.71. The summed E-state index contributed by atoms with van der Waals surface area (Å²) in [5.41, 5.74) is 5.51. The first kappa shape index (κ1) is 12.0. The van der Waals surface area contributed by atoms with Crippen molar-refractivity contribution >= 4 is 11.5 Å². The summed E-state index contributed by atoms with van der Waals surface area (Å²) in [5, 5.41) is 11.0. The Hall–Kier alpha value is -2.44. The van der Waals surface area contributed by atoms with Crippen molar-refractivity contribution < 1.29 is 4.92 Å². The molecule has 0 aliphatic heterocycles. The number of nitrogens with two attached hydrogens (primary N) is 1. The molecule has 0 aliphatic rings. The maximum atomic E-state index is 11.0. The van der Waals surface area contributed by atoms with Crippen LogP contribution in [-0.2, 0) is 6.42 Å². The van der Waals surface area contributed by atoms with E-state index in [-0.39, 0.29) is 17.3 Å². The van der Waals surface area contributed by atoms with Gasteiger partial charge < -0.3 is 5.73 Å². The van der Waals surface area contributed by atoms with Crippen molar-refractivity contribution in [1.82, 2.24) is 14.5 Å². The number of pyridine rings is 1. The van der Waals surface area contributed by atoms with Gasteiger partial charge in [0.25, 0.3) is 0 Å². The van der Waals surface area contributed by atoms with Gasteiger partial charge in [-0.3, -0.25) is 14.7 Å². The molecule has 0 saturated carbocycles. The fraction of sp³-hybridized carbons (Fsp3) is 0.273. The predicted molar refractivity (Wildman–Crippen MR) is 66.4 cm³/mol. The number of anilines is 1. The quantitative estimate of drug-likeness (QED) is 0.654. The average molecular weight is 247 g/mol. The van der Waals surface area contributed by atoms with Crippen LogP contribution in [0.25, 0.3) is 5.82 Å². The summed E-state index contributed by atoms with van der Waals surface area (Å²) in [5.74, 6) is 1.19. The molecular formula is C11H13N5O2. The van der Waals surface area contributed by atoms with Crippen LogP contribution in [0, 0.1) is 10.1 Å². The number of hydrogen-bond acceptors (Lipinski definition) is 5. The lowest BCUT2D eigenvalue weighted by Crippen LogP contribution is -2.07. The lowest BCUT2D eigenvalue weighted by Gasteiger charge is -2.07. The molecule has 0 radical (unpaired) electrons. The lowest BCUT2D eigenvalue weighted by molar-refractivity contribution is -0.384. The van der Waals surface area contributed by atoms with Crippen molar-refractivity contribution in [3.8, 4) is 5.82 Å².